The van der Waals surface area contributed by atoms with E-state index in [1.807, 2.05) is 18.4 Å². The van der Waals surface area contributed by atoms with Gasteiger partial charge in [-0.25, -0.2) is 0 Å². The third kappa shape index (κ3) is 3.56. The molecule has 1 aromatic heterocycles. The Kier molecular flexibility index (Phi) is 4.55. The standard InChI is InChI=1S/C15H24N4O2/c1-9(2)19-8-11(16)7-13(19)15(21)18-12-5-3-10(4-6-12)14(17)20/h7-10,12H,3-6,16H2,1-2H3,(H2,17,20)(H,18,21). The number of carbonyl (C=O) groups is 2. The summed E-state index contributed by atoms with van der Waals surface area (Å²) < 4.78 is 1.87. The van der Waals surface area contributed by atoms with E-state index in [2.05, 4.69) is 5.32 Å². The summed E-state index contributed by atoms with van der Waals surface area (Å²) in [5, 5.41) is 3.04. The largest absolute Gasteiger partial charge is 0.397 e. The normalized spacial score (nSPS) is 22.2. The highest BCUT2D eigenvalue weighted by atomic mass is 16.2. The van der Waals surface area contributed by atoms with Gasteiger partial charge in [-0.2, -0.15) is 0 Å². The van der Waals surface area contributed by atoms with Crippen LogP contribution in [0, 0.1) is 5.92 Å². The van der Waals surface area contributed by atoms with Crippen LogP contribution in [0.3, 0.4) is 0 Å². The van der Waals surface area contributed by atoms with Gasteiger partial charge in [0.25, 0.3) is 5.91 Å². The Hall–Kier alpha value is -1.98. The second kappa shape index (κ2) is 6.20. The van der Waals surface area contributed by atoms with Crippen LogP contribution >= 0.6 is 0 Å². The van der Waals surface area contributed by atoms with Crippen LogP contribution < -0.4 is 16.8 Å². The van der Waals surface area contributed by atoms with E-state index in [1.165, 1.54) is 0 Å². The summed E-state index contributed by atoms with van der Waals surface area (Å²) >= 11 is 0. The first-order valence-electron chi connectivity index (χ1n) is 7.46. The predicted molar refractivity (Wildman–Crippen MR) is 81.6 cm³/mol. The number of rotatable bonds is 4. The van der Waals surface area contributed by atoms with Crippen molar-refractivity contribution in [2.45, 2.75) is 51.6 Å². The Balaban J connectivity index is 1.98. The first kappa shape index (κ1) is 15.4. The summed E-state index contributed by atoms with van der Waals surface area (Å²) in [6.45, 7) is 4.02. The van der Waals surface area contributed by atoms with Crippen LogP contribution in [0.4, 0.5) is 5.69 Å². The fourth-order valence-corrected chi connectivity index (χ4v) is 2.89. The molecule has 0 saturated heterocycles. The van der Waals surface area contributed by atoms with Gasteiger partial charge in [-0.3, -0.25) is 9.59 Å². The fourth-order valence-electron chi connectivity index (χ4n) is 2.89. The number of nitrogens with two attached hydrogens (primary N) is 2. The van der Waals surface area contributed by atoms with Crippen molar-refractivity contribution in [2.24, 2.45) is 11.7 Å². The summed E-state index contributed by atoms with van der Waals surface area (Å²) in [4.78, 5) is 23.5. The highest BCUT2D eigenvalue weighted by Gasteiger charge is 2.26. The van der Waals surface area contributed by atoms with Gasteiger partial charge in [-0.1, -0.05) is 0 Å². The third-order valence-corrected chi connectivity index (χ3v) is 4.12. The molecule has 1 heterocycles. The maximum Gasteiger partial charge on any atom is 0.268 e. The molecule has 0 atom stereocenters. The molecule has 0 aromatic carbocycles. The smallest absolute Gasteiger partial charge is 0.268 e. The van der Waals surface area contributed by atoms with Crippen molar-refractivity contribution in [1.29, 1.82) is 0 Å². The Bertz CT molecular complexity index is 528. The molecule has 1 aliphatic carbocycles. The van der Waals surface area contributed by atoms with Gasteiger partial charge < -0.3 is 21.4 Å². The van der Waals surface area contributed by atoms with E-state index in [0.717, 1.165) is 25.7 Å². The van der Waals surface area contributed by atoms with Gasteiger partial charge in [0.1, 0.15) is 5.69 Å². The Morgan fingerprint density at radius 1 is 1.29 bits per heavy atom. The lowest BCUT2D eigenvalue weighted by Crippen LogP contribution is -2.40. The second-order valence-electron chi connectivity index (χ2n) is 6.08. The van der Waals surface area contributed by atoms with Crippen molar-refractivity contribution in [1.82, 2.24) is 9.88 Å². The molecule has 2 amide bonds. The monoisotopic (exact) mass is 292 g/mol. The Morgan fingerprint density at radius 3 is 2.43 bits per heavy atom. The van der Waals surface area contributed by atoms with Crippen LogP contribution in [0.15, 0.2) is 12.3 Å². The second-order valence-corrected chi connectivity index (χ2v) is 6.08. The van der Waals surface area contributed by atoms with E-state index in [4.69, 9.17) is 11.5 Å². The van der Waals surface area contributed by atoms with E-state index in [9.17, 15) is 9.59 Å². The summed E-state index contributed by atoms with van der Waals surface area (Å²) in [5.74, 6) is -0.391. The Labute approximate surface area is 124 Å². The minimum Gasteiger partial charge on any atom is -0.397 e. The number of carbonyl (C=O) groups excluding carboxylic acids is 2. The Morgan fingerprint density at radius 2 is 1.90 bits per heavy atom. The van der Waals surface area contributed by atoms with Crippen molar-refractivity contribution < 1.29 is 9.59 Å². The van der Waals surface area contributed by atoms with Crippen LogP contribution in [0.1, 0.15) is 56.1 Å². The van der Waals surface area contributed by atoms with E-state index in [-0.39, 0.29) is 29.8 Å². The molecule has 1 fully saturated rings. The number of hydrogen-bond acceptors (Lipinski definition) is 3. The first-order valence-corrected chi connectivity index (χ1v) is 7.46. The quantitative estimate of drug-likeness (QED) is 0.782. The molecule has 0 radical (unpaired) electrons. The lowest BCUT2D eigenvalue weighted by atomic mass is 9.85. The topological polar surface area (TPSA) is 103 Å². The molecule has 0 aliphatic heterocycles. The number of nitrogens with one attached hydrogen (secondary N) is 1. The van der Waals surface area contributed by atoms with Crippen LogP contribution in [0.5, 0.6) is 0 Å². The number of primary amides is 1. The lowest BCUT2D eigenvalue weighted by molar-refractivity contribution is -0.122. The summed E-state index contributed by atoms with van der Waals surface area (Å²) in [6, 6.07) is 1.98. The van der Waals surface area contributed by atoms with Gasteiger partial charge in [0, 0.05) is 24.2 Å². The van der Waals surface area contributed by atoms with Crippen LogP contribution in [0.25, 0.3) is 0 Å². The molecule has 1 aliphatic rings. The zero-order valence-corrected chi connectivity index (χ0v) is 12.6. The van der Waals surface area contributed by atoms with Crippen LogP contribution in [-0.4, -0.2) is 22.4 Å². The number of hydrogen-bond donors (Lipinski definition) is 3. The molecule has 1 aromatic rings. The maximum absolute atomic E-state index is 12.4. The third-order valence-electron chi connectivity index (χ3n) is 4.12. The first-order chi connectivity index (χ1) is 9.88. The number of nitrogens with zero attached hydrogens (tertiary/aromatic N) is 1. The average Bonchev–Trinajstić information content (AvgIpc) is 2.82. The average molecular weight is 292 g/mol. The minimum atomic E-state index is -0.235. The molecule has 6 nitrogen and oxygen atoms in total. The van der Waals surface area contributed by atoms with E-state index in [0.29, 0.717) is 11.4 Å². The number of anilines is 1. The van der Waals surface area contributed by atoms with Gasteiger partial charge >= 0.3 is 0 Å². The van der Waals surface area contributed by atoms with Crippen LogP contribution in [-0.2, 0) is 4.79 Å². The van der Waals surface area contributed by atoms with Crippen LogP contribution in [0.2, 0.25) is 0 Å². The molecule has 0 unspecified atom stereocenters. The molecular weight excluding hydrogens is 268 g/mol. The van der Waals surface area contributed by atoms with Crippen molar-refractivity contribution in [3.63, 3.8) is 0 Å². The number of nitrogen functional groups attached to an aromatic ring is 1. The molecule has 2 rings (SSSR count). The number of amides is 2. The molecule has 21 heavy (non-hydrogen) atoms. The fraction of sp³-hybridized carbons (Fsp3) is 0.600. The van der Waals surface area contributed by atoms with Crippen molar-refractivity contribution in [3.8, 4) is 0 Å². The van der Waals surface area contributed by atoms with Gasteiger partial charge in [0.05, 0.1) is 5.69 Å². The molecule has 1 saturated carbocycles. The lowest BCUT2D eigenvalue weighted by Gasteiger charge is -2.27. The zero-order chi connectivity index (χ0) is 15.6. The highest BCUT2D eigenvalue weighted by Crippen LogP contribution is 2.24. The highest BCUT2D eigenvalue weighted by molar-refractivity contribution is 5.94. The zero-order valence-electron chi connectivity index (χ0n) is 12.6. The van der Waals surface area contributed by atoms with Gasteiger partial charge in [0.15, 0.2) is 0 Å². The molecular formula is C15H24N4O2. The molecule has 0 bridgehead atoms. The van der Waals surface area contributed by atoms with Crippen molar-refractivity contribution in [3.05, 3.63) is 18.0 Å². The molecule has 6 heteroatoms. The van der Waals surface area contributed by atoms with E-state index >= 15 is 0 Å². The molecule has 116 valence electrons. The summed E-state index contributed by atoms with van der Waals surface area (Å²) in [7, 11) is 0. The molecule has 0 spiro atoms. The maximum atomic E-state index is 12.4. The van der Waals surface area contributed by atoms with Gasteiger partial charge in [-0.15, -0.1) is 0 Å². The van der Waals surface area contributed by atoms with Crippen molar-refractivity contribution >= 4 is 17.5 Å². The van der Waals surface area contributed by atoms with Gasteiger partial charge in [-0.05, 0) is 45.6 Å². The predicted octanol–water partition coefficient (Wildman–Crippen LogP) is 1.43. The number of aromatic nitrogens is 1. The van der Waals surface area contributed by atoms with E-state index < -0.39 is 0 Å². The van der Waals surface area contributed by atoms with Crippen molar-refractivity contribution in [2.75, 3.05) is 5.73 Å². The SMILES string of the molecule is CC(C)n1cc(N)cc1C(=O)NC1CCC(C(N)=O)CC1. The summed E-state index contributed by atoms with van der Waals surface area (Å²) in [6.07, 6.45) is 4.85. The van der Waals surface area contributed by atoms with E-state index in [1.54, 1.807) is 12.3 Å². The van der Waals surface area contributed by atoms with Gasteiger partial charge in [0.2, 0.25) is 5.91 Å². The molecule has 5 N–H and O–H groups in total. The summed E-state index contributed by atoms with van der Waals surface area (Å²) in [5.41, 5.74) is 12.3. The minimum absolute atomic E-state index is 0.0479.